The Morgan fingerprint density at radius 3 is 2.38 bits per heavy atom. The van der Waals surface area contributed by atoms with Crippen molar-refractivity contribution in [3.63, 3.8) is 0 Å². The average molecular weight is 351 g/mol. The molecule has 0 aromatic carbocycles. The molecule has 21 heavy (non-hydrogen) atoms. The Kier molecular flexibility index (Phi) is 5.17. The van der Waals surface area contributed by atoms with Gasteiger partial charge in [-0.1, -0.05) is 6.92 Å². The zero-order chi connectivity index (χ0) is 15.6. The standard InChI is InChI=1S/C16H23BrN4/c1-6-18-15(13-7-11(4)20-12(5)8-13)16-14(17)9-19-21(16)10(2)3/h7-10,15,18H,6H2,1-5H3. The maximum absolute atomic E-state index is 4.50. The molecule has 2 rings (SSSR count). The summed E-state index contributed by atoms with van der Waals surface area (Å²) in [5, 5.41) is 8.08. The number of hydrogen-bond donors (Lipinski definition) is 1. The van der Waals surface area contributed by atoms with Crippen molar-refractivity contribution in [1.82, 2.24) is 20.1 Å². The van der Waals surface area contributed by atoms with Gasteiger partial charge in [0.1, 0.15) is 0 Å². The molecule has 2 heterocycles. The van der Waals surface area contributed by atoms with E-state index in [9.17, 15) is 0 Å². The molecule has 0 aliphatic rings. The molecule has 5 heteroatoms. The highest BCUT2D eigenvalue weighted by atomic mass is 79.9. The van der Waals surface area contributed by atoms with Crippen LogP contribution in [0.2, 0.25) is 0 Å². The van der Waals surface area contributed by atoms with E-state index in [-0.39, 0.29) is 6.04 Å². The molecule has 0 saturated carbocycles. The van der Waals surface area contributed by atoms with Gasteiger partial charge in [-0.15, -0.1) is 0 Å². The number of nitrogens with one attached hydrogen (secondary N) is 1. The lowest BCUT2D eigenvalue weighted by molar-refractivity contribution is 0.475. The normalized spacial score (nSPS) is 12.9. The molecule has 0 spiro atoms. The number of hydrogen-bond acceptors (Lipinski definition) is 3. The molecule has 0 radical (unpaired) electrons. The highest BCUT2D eigenvalue weighted by Crippen LogP contribution is 2.31. The van der Waals surface area contributed by atoms with Crippen LogP contribution < -0.4 is 5.32 Å². The molecule has 0 fully saturated rings. The number of halogens is 1. The summed E-state index contributed by atoms with van der Waals surface area (Å²) in [5.41, 5.74) is 4.47. The van der Waals surface area contributed by atoms with E-state index in [0.717, 1.165) is 28.1 Å². The van der Waals surface area contributed by atoms with Crippen LogP contribution in [-0.4, -0.2) is 21.3 Å². The van der Waals surface area contributed by atoms with Gasteiger partial charge in [0.25, 0.3) is 0 Å². The van der Waals surface area contributed by atoms with Gasteiger partial charge in [0.2, 0.25) is 0 Å². The fourth-order valence-electron chi connectivity index (χ4n) is 2.64. The number of nitrogens with zero attached hydrogens (tertiary/aromatic N) is 3. The lowest BCUT2D eigenvalue weighted by atomic mass is 10.0. The summed E-state index contributed by atoms with van der Waals surface area (Å²) in [6.07, 6.45) is 1.88. The number of rotatable bonds is 5. The van der Waals surface area contributed by atoms with Crippen LogP contribution in [0.4, 0.5) is 0 Å². The Balaban J connectivity index is 2.56. The molecular formula is C16H23BrN4. The predicted octanol–water partition coefficient (Wildman–Crippen LogP) is 3.94. The smallest absolute Gasteiger partial charge is 0.0761 e. The van der Waals surface area contributed by atoms with Crippen LogP contribution in [0.5, 0.6) is 0 Å². The van der Waals surface area contributed by atoms with Gasteiger partial charge in [-0.3, -0.25) is 9.67 Å². The monoisotopic (exact) mass is 350 g/mol. The minimum absolute atomic E-state index is 0.106. The van der Waals surface area contributed by atoms with Gasteiger partial charge >= 0.3 is 0 Å². The zero-order valence-corrected chi connectivity index (χ0v) is 14.9. The van der Waals surface area contributed by atoms with Gasteiger partial charge in [0.05, 0.1) is 22.4 Å². The van der Waals surface area contributed by atoms with Crippen LogP contribution in [0.25, 0.3) is 0 Å². The summed E-state index contributed by atoms with van der Waals surface area (Å²) >= 11 is 3.65. The molecule has 1 unspecified atom stereocenters. The molecule has 2 aromatic heterocycles. The molecule has 114 valence electrons. The van der Waals surface area contributed by atoms with E-state index >= 15 is 0 Å². The summed E-state index contributed by atoms with van der Waals surface area (Å²) in [5.74, 6) is 0. The maximum atomic E-state index is 4.50. The second kappa shape index (κ2) is 6.71. The minimum Gasteiger partial charge on any atom is -0.305 e. The van der Waals surface area contributed by atoms with Gasteiger partial charge in [0, 0.05) is 17.4 Å². The zero-order valence-electron chi connectivity index (χ0n) is 13.3. The van der Waals surface area contributed by atoms with Crippen LogP contribution in [0, 0.1) is 13.8 Å². The van der Waals surface area contributed by atoms with Gasteiger partial charge in [-0.05, 0) is 67.9 Å². The fraction of sp³-hybridized carbons (Fsp3) is 0.500. The summed E-state index contributed by atoms with van der Waals surface area (Å²) in [6, 6.07) is 4.71. The summed E-state index contributed by atoms with van der Waals surface area (Å²) < 4.78 is 3.11. The Hall–Kier alpha value is -1.20. The Morgan fingerprint density at radius 1 is 1.24 bits per heavy atom. The second-order valence-corrected chi connectivity index (χ2v) is 6.44. The summed E-state index contributed by atoms with van der Waals surface area (Å²) in [6.45, 7) is 11.4. The van der Waals surface area contributed by atoms with Crippen molar-refractivity contribution >= 4 is 15.9 Å². The van der Waals surface area contributed by atoms with Crippen molar-refractivity contribution in [1.29, 1.82) is 0 Å². The van der Waals surface area contributed by atoms with Crippen molar-refractivity contribution in [3.05, 3.63) is 45.4 Å². The maximum Gasteiger partial charge on any atom is 0.0761 e. The third-order valence-electron chi connectivity index (χ3n) is 3.39. The van der Waals surface area contributed by atoms with Crippen molar-refractivity contribution in [2.75, 3.05) is 6.54 Å². The molecule has 1 N–H and O–H groups in total. The second-order valence-electron chi connectivity index (χ2n) is 5.59. The molecule has 0 bridgehead atoms. The third-order valence-corrected chi connectivity index (χ3v) is 4.01. The molecule has 0 amide bonds. The quantitative estimate of drug-likeness (QED) is 0.887. The SMILES string of the molecule is CCNC(c1cc(C)nc(C)c1)c1c(Br)cnn1C(C)C. The van der Waals surface area contributed by atoms with Gasteiger partial charge < -0.3 is 5.32 Å². The van der Waals surface area contributed by atoms with E-state index in [2.05, 4.69) is 68.9 Å². The Bertz CT molecular complexity index is 598. The minimum atomic E-state index is 0.106. The largest absolute Gasteiger partial charge is 0.305 e. The lowest BCUT2D eigenvalue weighted by Crippen LogP contribution is -2.26. The van der Waals surface area contributed by atoms with Crippen molar-refractivity contribution < 1.29 is 0 Å². The average Bonchev–Trinajstić information content (AvgIpc) is 2.76. The first-order valence-corrected chi connectivity index (χ1v) is 8.14. The Morgan fingerprint density at radius 2 is 1.86 bits per heavy atom. The first-order valence-electron chi connectivity index (χ1n) is 7.35. The van der Waals surface area contributed by atoms with E-state index in [0.29, 0.717) is 6.04 Å². The van der Waals surface area contributed by atoms with Gasteiger partial charge in [-0.2, -0.15) is 5.10 Å². The molecule has 0 aliphatic carbocycles. The van der Waals surface area contributed by atoms with E-state index < -0.39 is 0 Å². The van der Waals surface area contributed by atoms with Gasteiger partial charge in [-0.25, -0.2) is 0 Å². The van der Waals surface area contributed by atoms with Crippen molar-refractivity contribution in [3.8, 4) is 0 Å². The Labute approximate surface area is 135 Å². The van der Waals surface area contributed by atoms with E-state index in [4.69, 9.17) is 0 Å². The summed E-state index contributed by atoms with van der Waals surface area (Å²) in [4.78, 5) is 4.48. The van der Waals surface area contributed by atoms with Crippen molar-refractivity contribution in [2.24, 2.45) is 0 Å². The van der Waals surface area contributed by atoms with Crippen LogP contribution in [0.1, 0.15) is 55.5 Å². The van der Waals surface area contributed by atoms with E-state index in [1.54, 1.807) is 0 Å². The van der Waals surface area contributed by atoms with Crippen LogP contribution >= 0.6 is 15.9 Å². The first-order chi connectivity index (χ1) is 9.93. The third kappa shape index (κ3) is 3.52. The van der Waals surface area contributed by atoms with Crippen molar-refractivity contribution in [2.45, 2.75) is 46.7 Å². The highest BCUT2D eigenvalue weighted by molar-refractivity contribution is 9.10. The molecular weight excluding hydrogens is 328 g/mol. The number of pyridine rings is 1. The van der Waals surface area contributed by atoms with Gasteiger partial charge in [0.15, 0.2) is 0 Å². The van der Waals surface area contributed by atoms with Crippen LogP contribution in [0.3, 0.4) is 0 Å². The predicted molar refractivity (Wildman–Crippen MR) is 89.5 cm³/mol. The summed E-state index contributed by atoms with van der Waals surface area (Å²) in [7, 11) is 0. The topological polar surface area (TPSA) is 42.7 Å². The molecule has 1 atom stereocenters. The molecule has 2 aromatic rings. The lowest BCUT2D eigenvalue weighted by Gasteiger charge is -2.23. The van der Waals surface area contributed by atoms with E-state index in [1.165, 1.54) is 5.56 Å². The molecule has 4 nitrogen and oxygen atoms in total. The van der Waals surface area contributed by atoms with E-state index in [1.807, 2.05) is 20.0 Å². The number of aryl methyl sites for hydroxylation is 2. The fourth-order valence-corrected chi connectivity index (χ4v) is 3.14. The number of aromatic nitrogens is 3. The van der Waals surface area contributed by atoms with Crippen LogP contribution in [0.15, 0.2) is 22.8 Å². The van der Waals surface area contributed by atoms with Crippen LogP contribution in [-0.2, 0) is 0 Å². The molecule has 0 saturated heterocycles. The highest BCUT2D eigenvalue weighted by Gasteiger charge is 2.23. The molecule has 0 aliphatic heterocycles. The first kappa shape index (κ1) is 16.2.